The number of fused-ring (bicyclic) bond motifs is 3. The summed E-state index contributed by atoms with van der Waals surface area (Å²) in [6.07, 6.45) is 3.97. The molecule has 9 rings (SSSR count). The molecule has 0 unspecified atom stereocenters. The van der Waals surface area contributed by atoms with Crippen LogP contribution in [0.3, 0.4) is 0 Å². The number of aromatic nitrogens is 2. The minimum atomic E-state index is -1.23. The summed E-state index contributed by atoms with van der Waals surface area (Å²) < 4.78 is 7.11. The van der Waals surface area contributed by atoms with Crippen molar-refractivity contribution in [2.45, 2.75) is 178 Å². The first-order valence-corrected chi connectivity index (χ1v) is 32.7. The van der Waals surface area contributed by atoms with Crippen molar-refractivity contribution in [1.29, 1.82) is 0 Å². The van der Waals surface area contributed by atoms with E-state index >= 15 is 0 Å². The van der Waals surface area contributed by atoms with Crippen LogP contribution >= 0.6 is 0 Å². The molecule has 0 amide bonds. The monoisotopic (exact) mass is 1240 g/mol. The number of pyridine rings is 2. The molecule has 0 aliphatic rings. The summed E-state index contributed by atoms with van der Waals surface area (Å²) in [5.41, 5.74) is 23.7. The van der Waals surface area contributed by atoms with Crippen molar-refractivity contribution in [3.63, 3.8) is 0 Å². The first kappa shape index (κ1) is 61.0. The molecule has 0 saturated heterocycles. The predicted octanol–water partition coefficient (Wildman–Crippen LogP) is 18.7. The van der Waals surface area contributed by atoms with E-state index in [4.69, 9.17) is 9.40 Å². The van der Waals surface area contributed by atoms with Crippen molar-refractivity contribution in [3.05, 3.63) is 190 Å². The molecule has 3 heterocycles. The molecule has 79 heavy (non-hydrogen) atoms. The molecule has 413 valence electrons. The second kappa shape index (κ2) is 25.4. The zero-order valence-corrected chi connectivity index (χ0v) is 54.4. The largest absolute Gasteiger partial charge is 0.501 e. The topological polar surface area (TPSA) is 38.9 Å². The van der Waals surface area contributed by atoms with Crippen LogP contribution in [0.15, 0.2) is 138 Å². The number of furan rings is 1. The Bertz CT molecular complexity index is 3360. The molecular weight excluding hydrogens is 1150 g/mol. The smallest absolute Gasteiger partial charge is 0.242 e. The van der Waals surface area contributed by atoms with Crippen molar-refractivity contribution in [2.24, 2.45) is 0 Å². The molecule has 0 atom stereocenters. The summed E-state index contributed by atoms with van der Waals surface area (Å²) in [5, 5.41) is 3.61. The minimum Gasteiger partial charge on any atom is -0.501 e. The van der Waals surface area contributed by atoms with Gasteiger partial charge in [-0.1, -0.05) is 231 Å². The van der Waals surface area contributed by atoms with Crippen LogP contribution in [0, 0.1) is 12.1 Å². The van der Waals surface area contributed by atoms with E-state index in [1.54, 1.807) is 0 Å². The quantitative estimate of drug-likeness (QED) is 0.0758. The van der Waals surface area contributed by atoms with Crippen LogP contribution in [0.4, 0.5) is 0 Å². The van der Waals surface area contributed by atoms with Gasteiger partial charge in [0.15, 0.2) is 0 Å². The van der Waals surface area contributed by atoms with Crippen LogP contribution < -0.4 is 21.6 Å². The number of hydrogen-bond donors (Lipinski definition) is 0. The van der Waals surface area contributed by atoms with Gasteiger partial charge in [0, 0.05) is 37.9 Å². The fraction of sp³-hybridized carbons (Fsp3) is 0.370. The molecule has 6 heteroatoms. The molecule has 3 aromatic heterocycles. The fourth-order valence-electron chi connectivity index (χ4n) is 11.5. The third-order valence-electron chi connectivity index (χ3n) is 16.0. The van der Waals surface area contributed by atoms with E-state index in [1.807, 2.05) is 42.7 Å². The molecule has 3 nitrogen and oxygen atoms in total. The SMILES string of the molecule is CC(C)c1cc(C(C)C)c(B(c2ccc3c(c2)oc2c(-c4cc(-c5c(C(C)C)cccc5C(C)C)ccn4)[c-]ccc23)c2c(C(C)C)cc(C(C)C)cc2C(C)C)c(C(C)C)c1.C[Si](C)(C)c1ccc(-c2[c-]cccc2)nc1.[Ir]. The molecule has 0 N–H and O–H groups in total. The van der Waals surface area contributed by atoms with Crippen LogP contribution in [0.1, 0.15) is 203 Å². The van der Waals surface area contributed by atoms with E-state index in [0.717, 1.165) is 44.5 Å². The average molecular weight is 1240 g/mol. The van der Waals surface area contributed by atoms with Crippen LogP contribution in [-0.2, 0) is 20.1 Å². The maximum atomic E-state index is 7.11. The van der Waals surface area contributed by atoms with E-state index < -0.39 is 8.07 Å². The Morgan fingerprint density at radius 2 is 1.01 bits per heavy atom. The standard InChI is InChI=1S/C59H71BNO.C14H16NSi.Ir/c1-33(2)42-27-50(37(9)10)57(51(28-42)38(11)12)60(58-52(39(13)14)29-43(34(3)4)30-53(58)40(15)16)44-23-24-47-48-21-18-22-49(59(48)62-55(47)32-44)54-31-41(25-26-61-54)56-45(35(5)6)19-17-20-46(56)36(7)8;1-16(2,3)13-9-10-14(15-11-13)12-7-5-4-6-8-12;/h17-21,23-40H,1-16H3;4-7,9-11H,1-3H3;/q2*-1;. The average Bonchev–Trinajstić information content (AvgIpc) is 3.87. The van der Waals surface area contributed by atoms with Crippen LogP contribution in [-0.4, -0.2) is 24.8 Å². The molecule has 0 spiro atoms. The molecule has 1 radical (unpaired) electrons. The van der Waals surface area contributed by atoms with Gasteiger partial charge < -0.3 is 14.4 Å². The molecule has 0 aliphatic carbocycles. The third-order valence-corrected chi connectivity index (χ3v) is 18.0. The van der Waals surface area contributed by atoms with Gasteiger partial charge in [0.25, 0.3) is 0 Å². The Morgan fingerprint density at radius 1 is 0.468 bits per heavy atom. The van der Waals surface area contributed by atoms with Crippen molar-refractivity contribution in [1.82, 2.24) is 9.97 Å². The Kier molecular flexibility index (Phi) is 19.6. The van der Waals surface area contributed by atoms with Gasteiger partial charge in [0.05, 0.1) is 13.7 Å². The van der Waals surface area contributed by atoms with Crippen LogP contribution in [0.5, 0.6) is 0 Å². The fourth-order valence-corrected chi connectivity index (χ4v) is 12.5. The molecular formula is C73H87BIrN2OSi-2. The van der Waals surface area contributed by atoms with E-state index in [-0.39, 0.29) is 26.8 Å². The Balaban J connectivity index is 0.000000454. The van der Waals surface area contributed by atoms with Gasteiger partial charge in [0.2, 0.25) is 6.71 Å². The van der Waals surface area contributed by atoms with Gasteiger partial charge >= 0.3 is 0 Å². The minimum absolute atomic E-state index is 0. The maximum absolute atomic E-state index is 7.11. The third kappa shape index (κ3) is 13.1. The first-order valence-electron chi connectivity index (χ1n) is 29.2. The second-order valence-corrected chi connectivity index (χ2v) is 30.6. The van der Waals surface area contributed by atoms with Crippen LogP contribution in [0.25, 0.3) is 55.6 Å². The molecule has 0 saturated carbocycles. The molecule has 6 aromatic carbocycles. The normalized spacial score (nSPS) is 12.0. The number of hydrogen-bond acceptors (Lipinski definition) is 3. The number of rotatable bonds is 15. The summed E-state index contributed by atoms with van der Waals surface area (Å²) in [6, 6.07) is 51.6. The number of benzene rings is 6. The summed E-state index contributed by atoms with van der Waals surface area (Å²) in [7, 11) is -1.23. The summed E-state index contributed by atoms with van der Waals surface area (Å²) in [5.74, 6) is 3.07. The van der Waals surface area contributed by atoms with E-state index in [1.165, 1.54) is 77.2 Å². The van der Waals surface area contributed by atoms with E-state index in [0.29, 0.717) is 47.3 Å². The van der Waals surface area contributed by atoms with Crippen molar-refractivity contribution in [2.75, 3.05) is 0 Å². The second-order valence-electron chi connectivity index (χ2n) is 25.5. The Morgan fingerprint density at radius 3 is 1.47 bits per heavy atom. The summed E-state index contributed by atoms with van der Waals surface area (Å²) in [6.45, 7) is 44.5. The number of nitrogens with zero attached hydrogens (tertiary/aromatic N) is 2. The zero-order valence-electron chi connectivity index (χ0n) is 51.0. The zero-order chi connectivity index (χ0) is 56.5. The maximum Gasteiger partial charge on any atom is 0.242 e. The van der Waals surface area contributed by atoms with Gasteiger partial charge in [-0.25, -0.2) is 0 Å². The first-order chi connectivity index (χ1) is 37.0. The van der Waals surface area contributed by atoms with Crippen molar-refractivity contribution >= 4 is 58.3 Å². The Hall–Kier alpha value is -5.65. The van der Waals surface area contributed by atoms with Gasteiger partial charge in [-0.05, 0) is 132 Å². The molecule has 9 aromatic rings. The summed E-state index contributed by atoms with van der Waals surface area (Å²) >= 11 is 0. The van der Waals surface area contributed by atoms with E-state index in [9.17, 15) is 0 Å². The predicted molar refractivity (Wildman–Crippen MR) is 343 cm³/mol. The molecule has 0 aliphatic heterocycles. The van der Waals surface area contributed by atoms with Gasteiger partial charge in [-0.3, -0.25) is 0 Å². The van der Waals surface area contributed by atoms with Crippen LogP contribution in [0.2, 0.25) is 19.6 Å². The van der Waals surface area contributed by atoms with Gasteiger partial charge in [-0.2, -0.15) is 0 Å². The van der Waals surface area contributed by atoms with Gasteiger partial charge in [-0.15, -0.1) is 54.1 Å². The molecule has 0 fully saturated rings. The van der Waals surface area contributed by atoms with Crippen molar-refractivity contribution < 1.29 is 24.5 Å². The Labute approximate surface area is 491 Å². The van der Waals surface area contributed by atoms with E-state index in [2.05, 4.69) is 239 Å². The summed E-state index contributed by atoms with van der Waals surface area (Å²) in [4.78, 5) is 9.50. The molecule has 0 bridgehead atoms. The van der Waals surface area contributed by atoms with Crippen molar-refractivity contribution in [3.8, 4) is 33.6 Å². The van der Waals surface area contributed by atoms with Gasteiger partial charge in [0.1, 0.15) is 5.58 Å².